The van der Waals surface area contributed by atoms with Crippen molar-refractivity contribution in [2.75, 3.05) is 9.80 Å². The fourth-order valence-corrected chi connectivity index (χ4v) is 2.57. The zero-order chi connectivity index (χ0) is 18.8. The lowest BCUT2D eigenvalue weighted by atomic mass is 10.1. The van der Waals surface area contributed by atoms with Gasteiger partial charge in [0.2, 0.25) is 12.2 Å². The van der Waals surface area contributed by atoms with Gasteiger partial charge in [-0.25, -0.2) is 29.0 Å². The minimum absolute atomic E-state index is 0.300. The Kier molecular flexibility index (Phi) is 4.29. The lowest BCUT2D eigenvalue weighted by Crippen LogP contribution is -2.64. The first-order valence-corrected chi connectivity index (χ1v) is 7.53. The molecule has 1 aliphatic heterocycles. The second-order valence-corrected chi connectivity index (χ2v) is 5.58. The van der Waals surface area contributed by atoms with Gasteiger partial charge in [-0.2, -0.15) is 9.98 Å². The van der Waals surface area contributed by atoms with Crippen LogP contribution in [0.1, 0.15) is 11.1 Å². The van der Waals surface area contributed by atoms with Gasteiger partial charge >= 0.3 is 12.1 Å². The van der Waals surface area contributed by atoms with Crippen molar-refractivity contribution in [1.29, 1.82) is 0 Å². The van der Waals surface area contributed by atoms with Crippen molar-refractivity contribution in [1.82, 2.24) is 0 Å². The van der Waals surface area contributed by atoms with E-state index in [1.165, 1.54) is 24.3 Å². The fraction of sp³-hybridized carbons (Fsp3) is 0.111. The Balaban J connectivity index is 1.94. The van der Waals surface area contributed by atoms with E-state index in [0.29, 0.717) is 33.9 Å². The van der Waals surface area contributed by atoms with Gasteiger partial charge in [0.25, 0.3) is 0 Å². The van der Waals surface area contributed by atoms with Crippen LogP contribution < -0.4 is 9.80 Å². The Morgan fingerprint density at radius 3 is 1.46 bits per heavy atom. The predicted octanol–water partition coefficient (Wildman–Crippen LogP) is 3.80. The van der Waals surface area contributed by atoms with Crippen LogP contribution in [0.3, 0.4) is 0 Å². The molecular weight excluding hydrogens is 336 g/mol. The highest BCUT2D eigenvalue weighted by molar-refractivity contribution is 6.41. The van der Waals surface area contributed by atoms with Gasteiger partial charge in [-0.05, 0) is 49.2 Å². The largest absolute Gasteiger partial charge is 0.345 e. The van der Waals surface area contributed by atoms with Crippen molar-refractivity contribution in [3.8, 4) is 0 Å². The molecule has 0 N–H and O–H groups in total. The molecule has 8 heteroatoms. The van der Waals surface area contributed by atoms with E-state index >= 15 is 0 Å². The highest BCUT2D eigenvalue weighted by atomic mass is 16.2. The van der Waals surface area contributed by atoms with Gasteiger partial charge < -0.3 is 0 Å². The summed E-state index contributed by atoms with van der Waals surface area (Å²) in [5.41, 5.74) is 2.68. The van der Waals surface area contributed by atoms with Crippen LogP contribution in [0.25, 0.3) is 0 Å². The lowest BCUT2D eigenvalue weighted by molar-refractivity contribution is 0.226. The summed E-state index contributed by atoms with van der Waals surface area (Å²) in [6.45, 7) is 3.49. The molecule has 2 aromatic carbocycles. The first-order valence-electron chi connectivity index (χ1n) is 7.53. The number of anilines is 2. The summed E-state index contributed by atoms with van der Waals surface area (Å²) < 4.78 is 0. The second-order valence-electron chi connectivity index (χ2n) is 5.58. The smallest absolute Gasteiger partial charge is 0.246 e. The van der Waals surface area contributed by atoms with Gasteiger partial charge in [0.15, 0.2) is 0 Å². The van der Waals surface area contributed by atoms with Gasteiger partial charge in [0, 0.05) is 0 Å². The molecule has 26 heavy (non-hydrogen) atoms. The van der Waals surface area contributed by atoms with Gasteiger partial charge in [-0.3, -0.25) is 0 Å². The highest BCUT2D eigenvalue weighted by Gasteiger charge is 2.46. The molecule has 4 amide bonds. The summed E-state index contributed by atoms with van der Waals surface area (Å²) in [4.78, 5) is 55.0. The first-order chi connectivity index (χ1) is 12.5. The molecular formula is C18H12N4O4. The zero-order valence-electron chi connectivity index (χ0n) is 13.9. The molecule has 1 fully saturated rings. The Hall–Kier alpha value is -3.86. The molecule has 128 valence electrons. The highest BCUT2D eigenvalue weighted by Crippen LogP contribution is 2.35. The Morgan fingerprint density at radius 1 is 0.731 bits per heavy atom. The lowest BCUT2D eigenvalue weighted by Gasteiger charge is -2.39. The maximum absolute atomic E-state index is 12.5. The monoisotopic (exact) mass is 348 g/mol. The number of carbonyl (C=O) groups is 2. The summed E-state index contributed by atoms with van der Waals surface area (Å²) in [7, 11) is 0. The molecule has 3 rings (SSSR count). The van der Waals surface area contributed by atoms with Gasteiger partial charge in [-0.1, -0.05) is 12.1 Å². The molecule has 0 bridgehead atoms. The van der Waals surface area contributed by atoms with Crippen LogP contribution in [0, 0.1) is 13.8 Å². The molecule has 1 heterocycles. The molecule has 1 saturated heterocycles. The number of carbonyl (C=O) groups excluding carboxylic acids is 4. The Labute approximate surface area is 148 Å². The molecule has 0 unspecified atom stereocenters. The van der Waals surface area contributed by atoms with Gasteiger partial charge in [0.1, 0.15) is 0 Å². The summed E-state index contributed by atoms with van der Waals surface area (Å²) in [6, 6.07) is 8.27. The maximum Gasteiger partial charge on any atom is 0.345 e. The van der Waals surface area contributed by atoms with E-state index in [-0.39, 0.29) is 0 Å². The van der Waals surface area contributed by atoms with E-state index in [9.17, 15) is 19.2 Å². The van der Waals surface area contributed by atoms with Crippen molar-refractivity contribution in [2.45, 2.75) is 13.8 Å². The number of rotatable bonds is 4. The molecule has 0 aliphatic carbocycles. The second kappa shape index (κ2) is 6.57. The van der Waals surface area contributed by atoms with Crippen LogP contribution >= 0.6 is 0 Å². The molecule has 1 aliphatic rings. The SMILES string of the molecule is Cc1ccc(N2C(=O)N(c3ccc(C)c(N=C=O)c3)C2=O)cc1N=C=O. The first kappa shape index (κ1) is 17.0. The van der Waals surface area contributed by atoms with Crippen molar-refractivity contribution < 1.29 is 19.2 Å². The quantitative estimate of drug-likeness (QED) is 0.619. The van der Waals surface area contributed by atoms with Crippen LogP contribution in [-0.4, -0.2) is 24.2 Å². The average Bonchev–Trinajstić information content (AvgIpc) is 2.61. The molecule has 0 saturated carbocycles. The third kappa shape index (κ3) is 2.71. The van der Waals surface area contributed by atoms with Crippen molar-refractivity contribution in [2.24, 2.45) is 9.98 Å². The zero-order valence-corrected chi connectivity index (χ0v) is 13.9. The summed E-state index contributed by atoms with van der Waals surface area (Å²) in [6.07, 6.45) is 2.88. The minimum atomic E-state index is -0.565. The van der Waals surface area contributed by atoms with E-state index in [1.54, 1.807) is 38.1 Å². The number of benzene rings is 2. The number of hydrogen-bond donors (Lipinski definition) is 0. The van der Waals surface area contributed by atoms with Gasteiger partial charge in [-0.15, -0.1) is 0 Å². The fourth-order valence-electron chi connectivity index (χ4n) is 2.57. The van der Waals surface area contributed by atoms with Crippen molar-refractivity contribution in [3.63, 3.8) is 0 Å². The number of hydrogen-bond acceptors (Lipinski definition) is 6. The predicted molar refractivity (Wildman–Crippen MR) is 93.7 cm³/mol. The van der Waals surface area contributed by atoms with E-state index < -0.39 is 12.1 Å². The van der Waals surface area contributed by atoms with E-state index in [0.717, 1.165) is 9.80 Å². The minimum Gasteiger partial charge on any atom is -0.246 e. The van der Waals surface area contributed by atoms with Crippen LogP contribution in [0.15, 0.2) is 46.4 Å². The average molecular weight is 348 g/mol. The number of amides is 4. The van der Waals surface area contributed by atoms with Gasteiger partial charge in [0.05, 0.1) is 22.7 Å². The van der Waals surface area contributed by atoms with E-state index in [2.05, 4.69) is 9.98 Å². The number of nitrogens with zero attached hydrogens (tertiary/aromatic N) is 4. The topological polar surface area (TPSA) is 99.5 Å². The summed E-state index contributed by atoms with van der Waals surface area (Å²) >= 11 is 0. The Bertz CT molecular complexity index is 938. The van der Waals surface area contributed by atoms with Crippen molar-refractivity contribution in [3.05, 3.63) is 47.5 Å². The summed E-state index contributed by atoms with van der Waals surface area (Å²) in [5.74, 6) is 0. The molecule has 0 aromatic heterocycles. The molecule has 0 spiro atoms. The number of urea groups is 2. The molecule has 0 atom stereocenters. The van der Waals surface area contributed by atoms with Crippen LogP contribution in [0.2, 0.25) is 0 Å². The number of aryl methyl sites for hydroxylation is 2. The maximum atomic E-state index is 12.5. The third-order valence-electron chi connectivity index (χ3n) is 4.00. The number of imide groups is 2. The summed E-state index contributed by atoms with van der Waals surface area (Å²) in [5, 5.41) is 0. The van der Waals surface area contributed by atoms with Crippen LogP contribution in [0.5, 0.6) is 0 Å². The third-order valence-corrected chi connectivity index (χ3v) is 4.00. The number of isocyanates is 2. The van der Waals surface area contributed by atoms with Crippen LogP contribution in [-0.2, 0) is 9.59 Å². The van der Waals surface area contributed by atoms with Crippen molar-refractivity contribution >= 4 is 47.0 Å². The number of aliphatic imine (C=N–C) groups is 2. The van der Waals surface area contributed by atoms with Crippen LogP contribution in [0.4, 0.5) is 32.3 Å². The Morgan fingerprint density at radius 2 is 1.12 bits per heavy atom. The van der Waals surface area contributed by atoms with E-state index in [1.807, 2.05) is 0 Å². The van der Waals surface area contributed by atoms with E-state index in [4.69, 9.17) is 0 Å². The normalized spacial score (nSPS) is 13.0. The standard InChI is InChI=1S/C18H12N4O4/c1-11-3-5-13(7-15(11)19-9-23)21-17(25)22(18(21)26)14-6-4-12(2)16(8-14)20-10-24/h3-8H,1-2H3. The molecule has 2 aromatic rings. The molecule has 0 radical (unpaired) electrons. The molecule has 8 nitrogen and oxygen atoms in total.